The molecule has 25 heavy (non-hydrogen) atoms. The van der Waals surface area contributed by atoms with E-state index in [1.54, 1.807) is 21.9 Å². The van der Waals surface area contributed by atoms with Crippen molar-refractivity contribution in [2.75, 3.05) is 38.2 Å². The third-order valence-corrected chi connectivity index (χ3v) is 5.08. The van der Waals surface area contributed by atoms with Gasteiger partial charge in [0.1, 0.15) is 15.7 Å². The normalized spacial score (nSPS) is 15.8. The summed E-state index contributed by atoms with van der Waals surface area (Å²) in [5.41, 5.74) is 0.621. The van der Waals surface area contributed by atoms with Gasteiger partial charge in [-0.2, -0.15) is 0 Å². The van der Waals surface area contributed by atoms with E-state index in [-0.39, 0.29) is 36.2 Å². The minimum atomic E-state index is -3.17. The Morgan fingerprint density at radius 3 is 2.32 bits per heavy atom. The minimum Gasteiger partial charge on any atom is -0.341 e. The van der Waals surface area contributed by atoms with Crippen LogP contribution >= 0.6 is 0 Å². The molecule has 1 aliphatic heterocycles. The third-order valence-electron chi connectivity index (χ3n) is 4.13. The van der Waals surface area contributed by atoms with Crippen molar-refractivity contribution in [3.8, 4) is 0 Å². The van der Waals surface area contributed by atoms with Crippen molar-refractivity contribution in [3.05, 3.63) is 35.6 Å². The van der Waals surface area contributed by atoms with Crippen LogP contribution in [0.5, 0.6) is 0 Å². The maximum atomic E-state index is 13.2. The first-order valence-electron chi connectivity index (χ1n) is 8.22. The van der Waals surface area contributed by atoms with Crippen LogP contribution in [0.1, 0.15) is 18.4 Å². The highest BCUT2D eigenvalue weighted by Gasteiger charge is 2.22. The molecule has 0 radical (unpaired) electrons. The molecule has 0 bridgehead atoms. The molecule has 1 saturated heterocycles. The minimum absolute atomic E-state index is 0.0317. The fourth-order valence-electron chi connectivity index (χ4n) is 2.78. The molecule has 1 aromatic rings. The molecular formula is C17H23FN2O4S. The number of sulfone groups is 1. The van der Waals surface area contributed by atoms with Gasteiger partial charge in [0.05, 0.1) is 12.2 Å². The SMILES string of the molecule is CS(=O)(=O)CCC(=O)N1CCCN(C(=O)Cc2cccc(F)c2)CC1. The summed E-state index contributed by atoms with van der Waals surface area (Å²) in [6.07, 6.45) is 1.84. The van der Waals surface area contributed by atoms with Gasteiger partial charge in [0.15, 0.2) is 0 Å². The molecule has 0 aromatic heterocycles. The molecule has 1 fully saturated rings. The van der Waals surface area contributed by atoms with Gasteiger partial charge in [-0.1, -0.05) is 12.1 Å². The number of carbonyl (C=O) groups excluding carboxylic acids is 2. The lowest BCUT2D eigenvalue weighted by Gasteiger charge is -2.22. The Labute approximate surface area is 147 Å². The zero-order chi connectivity index (χ0) is 18.4. The summed E-state index contributed by atoms with van der Waals surface area (Å²) < 4.78 is 35.6. The van der Waals surface area contributed by atoms with Crippen molar-refractivity contribution in [2.45, 2.75) is 19.3 Å². The molecule has 0 atom stereocenters. The van der Waals surface area contributed by atoms with Crippen molar-refractivity contribution in [3.63, 3.8) is 0 Å². The van der Waals surface area contributed by atoms with Crippen LogP contribution in [0.2, 0.25) is 0 Å². The molecule has 0 aliphatic carbocycles. The summed E-state index contributed by atoms with van der Waals surface area (Å²) in [5, 5.41) is 0. The molecule has 8 heteroatoms. The fraction of sp³-hybridized carbons (Fsp3) is 0.529. The van der Waals surface area contributed by atoms with E-state index in [9.17, 15) is 22.4 Å². The van der Waals surface area contributed by atoms with Crippen molar-refractivity contribution >= 4 is 21.7 Å². The molecule has 2 rings (SSSR count). The summed E-state index contributed by atoms with van der Waals surface area (Å²) in [6, 6.07) is 5.96. The number of hydrogen-bond donors (Lipinski definition) is 0. The first-order valence-corrected chi connectivity index (χ1v) is 10.3. The highest BCUT2D eigenvalue weighted by Crippen LogP contribution is 2.10. The van der Waals surface area contributed by atoms with Crippen LogP contribution in [-0.2, 0) is 25.8 Å². The van der Waals surface area contributed by atoms with E-state index >= 15 is 0 Å². The molecule has 0 spiro atoms. The molecule has 6 nitrogen and oxygen atoms in total. The van der Waals surface area contributed by atoms with Gasteiger partial charge in [0.25, 0.3) is 0 Å². The van der Waals surface area contributed by atoms with E-state index in [1.807, 2.05) is 0 Å². The molecule has 1 aliphatic rings. The highest BCUT2D eigenvalue weighted by molar-refractivity contribution is 7.90. The average Bonchev–Trinajstić information content (AvgIpc) is 2.78. The van der Waals surface area contributed by atoms with Gasteiger partial charge in [0.2, 0.25) is 11.8 Å². The fourth-order valence-corrected chi connectivity index (χ4v) is 3.33. The van der Waals surface area contributed by atoms with Gasteiger partial charge < -0.3 is 9.80 Å². The Balaban J connectivity index is 1.88. The summed E-state index contributed by atoms with van der Waals surface area (Å²) in [7, 11) is -3.17. The smallest absolute Gasteiger partial charge is 0.227 e. The van der Waals surface area contributed by atoms with E-state index < -0.39 is 9.84 Å². The van der Waals surface area contributed by atoms with Gasteiger partial charge >= 0.3 is 0 Å². The number of carbonyl (C=O) groups is 2. The maximum Gasteiger partial charge on any atom is 0.227 e. The first-order chi connectivity index (χ1) is 11.7. The highest BCUT2D eigenvalue weighted by atomic mass is 32.2. The average molecular weight is 370 g/mol. The van der Waals surface area contributed by atoms with Crippen LogP contribution in [0.15, 0.2) is 24.3 Å². The van der Waals surface area contributed by atoms with Crippen LogP contribution in [0.25, 0.3) is 0 Å². The molecule has 0 unspecified atom stereocenters. The van der Waals surface area contributed by atoms with Gasteiger partial charge in [-0.3, -0.25) is 9.59 Å². The standard InChI is InChI=1S/C17H23FN2O4S/c1-25(23,24)11-6-16(21)19-7-3-8-20(10-9-19)17(22)13-14-4-2-5-15(18)12-14/h2,4-5,12H,3,6-11,13H2,1H3. The number of benzene rings is 1. The molecule has 1 aromatic carbocycles. The molecule has 0 N–H and O–H groups in total. The second-order valence-corrected chi connectivity index (χ2v) is 8.56. The Morgan fingerprint density at radius 2 is 1.72 bits per heavy atom. The molecule has 1 heterocycles. The Bertz CT molecular complexity index is 736. The molecule has 138 valence electrons. The monoisotopic (exact) mass is 370 g/mol. The lowest BCUT2D eigenvalue weighted by Crippen LogP contribution is -2.38. The third kappa shape index (κ3) is 6.45. The number of rotatable bonds is 5. The number of amides is 2. The van der Waals surface area contributed by atoms with Crippen LogP contribution in [0, 0.1) is 5.82 Å². The van der Waals surface area contributed by atoms with E-state index in [4.69, 9.17) is 0 Å². The van der Waals surface area contributed by atoms with Gasteiger partial charge in [-0.25, -0.2) is 12.8 Å². The van der Waals surface area contributed by atoms with E-state index in [1.165, 1.54) is 12.1 Å². The van der Waals surface area contributed by atoms with Gasteiger partial charge in [-0.05, 0) is 24.1 Å². The van der Waals surface area contributed by atoms with Crippen LogP contribution in [-0.4, -0.2) is 68.2 Å². The Hall–Kier alpha value is -1.96. The lowest BCUT2D eigenvalue weighted by atomic mass is 10.1. The zero-order valence-electron chi connectivity index (χ0n) is 14.3. The van der Waals surface area contributed by atoms with Gasteiger partial charge in [0, 0.05) is 38.9 Å². The van der Waals surface area contributed by atoms with Crippen molar-refractivity contribution < 1.29 is 22.4 Å². The van der Waals surface area contributed by atoms with Crippen molar-refractivity contribution in [1.82, 2.24) is 9.80 Å². The Morgan fingerprint density at radius 1 is 1.08 bits per heavy atom. The molecular weight excluding hydrogens is 347 g/mol. The Kier molecular flexibility index (Phi) is 6.52. The van der Waals surface area contributed by atoms with E-state index in [0.717, 1.165) is 6.26 Å². The number of halogens is 1. The quantitative estimate of drug-likeness (QED) is 0.771. The van der Waals surface area contributed by atoms with Crippen LogP contribution < -0.4 is 0 Å². The zero-order valence-corrected chi connectivity index (χ0v) is 15.1. The van der Waals surface area contributed by atoms with E-state index in [2.05, 4.69) is 0 Å². The largest absolute Gasteiger partial charge is 0.341 e. The molecule has 0 saturated carbocycles. The van der Waals surface area contributed by atoms with Crippen LogP contribution in [0.3, 0.4) is 0 Å². The van der Waals surface area contributed by atoms with Crippen molar-refractivity contribution in [1.29, 1.82) is 0 Å². The first kappa shape index (κ1) is 19.4. The van der Waals surface area contributed by atoms with E-state index in [0.29, 0.717) is 38.2 Å². The predicted octanol–water partition coefficient (Wildman–Crippen LogP) is 0.864. The maximum absolute atomic E-state index is 13.2. The lowest BCUT2D eigenvalue weighted by molar-refractivity contribution is -0.133. The number of nitrogens with zero attached hydrogens (tertiary/aromatic N) is 2. The topological polar surface area (TPSA) is 74.8 Å². The second-order valence-electron chi connectivity index (χ2n) is 6.30. The molecule has 2 amide bonds. The summed E-state index contributed by atoms with van der Waals surface area (Å²) in [6.45, 7) is 1.83. The number of hydrogen-bond acceptors (Lipinski definition) is 4. The predicted molar refractivity (Wildman–Crippen MR) is 92.2 cm³/mol. The van der Waals surface area contributed by atoms with Gasteiger partial charge in [-0.15, -0.1) is 0 Å². The summed E-state index contributed by atoms with van der Waals surface area (Å²) in [4.78, 5) is 27.8. The van der Waals surface area contributed by atoms with Crippen molar-refractivity contribution in [2.24, 2.45) is 0 Å². The summed E-state index contributed by atoms with van der Waals surface area (Å²) >= 11 is 0. The second kappa shape index (κ2) is 8.42. The summed E-state index contributed by atoms with van der Waals surface area (Å²) in [5.74, 6) is -0.838. The van der Waals surface area contributed by atoms with Crippen LogP contribution in [0.4, 0.5) is 4.39 Å².